The Balaban J connectivity index is 1.96. The van der Waals surface area contributed by atoms with Gasteiger partial charge in [0.15, 0.2) is 0 Å². The van der Waals surface area contributed by atoms with Crippen molar-refractivity contribution < 1.29 is 4.79 Å². The summed E-state index contributed by atoms with van der Waals surface area (Å²) in [6.07, 6.45) is 1.46. The number of aryl methyl sites for hydroxylation is 1. The molecule has 1 fully saturated rings. The van der Waals surface area contributed by atoms with Gasteiger partial charge in [0.05, 0.1) is 5.69 Å². The number of amides is 1. The Hall–Kier alpha value is -0.970. The van der Waals surface area contributed by atoms with E-state index in [0.29, 0.717) is 12.3 Å². The number of carbonyl (C=O) groups is 1. The van der Waals surface area contributed by atoms with Crippen molar-refractivity contribution in [3.05, 3.63) is 17.5 Å². The van der Waals surface area contributed by atoms with Gasteiger partial charge in [0, 0.05) is 31.1 Å². The van der Waals surface area contributed by atoms with Crippen LogP contribution < -0.4 is 0 Å². The van der Waals surface area contributed by atoms with Gasteiger partial charge >= 0.3 is 0 Å². The lowest BCUT2D eigenvalue weighted by Crippen LogP contribution is -2.36. The van der Waals surface area contributed by atoms with E-state index < -0.39 is 0 Å². The van der Waals surface area contributed by atoms with E-state index in [1.54, 1.807) is 0 Å². The highest BCUT2D eigenvalue weighted by Gasteiger charge is 2.31. The van der Waals surface area contributed by atoms with E-state index in [0.717, 1.165) is 30.1 Å². The van der Waals surface area contributed by atoms with E-state index in [9.17, 15) is 4.79 Å². The molecule has 0 bridgehead atoms. The molecular weight excluding hydrogens is 234 g/mol. The summed E-state index contributed by atoms with van der Waals surface area (Å²) in [5, 5.41) is 7.14. The van der Waals surface area contributed by atoms with Gasteiger partial charge in [-0.3, -0.25) is 9.89 Å². The van der Waals surface area contributed by atoms with E-state index in [-0.39, 0.29) is 11.9 Å². The van der Waals surface area contributed by atoms with Crippen LogP contribution in [0.25, 0.3) is 0 Å². The van der Waals surface area contributed by atoms with Crippen molar-refractivity contribution in [1.82, 2.24) is 15.1 Å². The summed E-state index contributed by atoms with van der Waals surface area (Å²) in [6.45, 7) is 4.91. The Morgan fingerprint density at radius 2 is 2.47 bits per heavy atom. The zero-order valence-corrected chi connectivity index (χ0v) is 11.2. The highest BCUT2D eigenvalue weighted by Crippen LogP contribution is 2.22. The standard InChI is InChI=1S/C12H19N3OS/c1-8-3-11(14-13-8)4-9(2)15-6-10(7-17)5-12(15)16/h3,9-10,17H,4-7H2,1-2H3,(H,13,14). The molecule has 1 aliphatic rings. The molecule has 0 spiro atoms. The first-order valence-corrected chi connectivity index (χ1v) is 6.64. The number of carbonyl (C=O) groups excluding carboxylic acids is 1. The number of hydrogen-bond acceptors (Lipinski definition) is 3. The van der Waals surface area contributed by atoms with Gasteiger partial charge in [0.2, 0.25) is 5.91 Å². The molecule has 1 aromatic rings. The fourth-order valence-corrected chi connectivity index (χ4v) is 2.59. The van der Waals surface area contributed by atoms with Crippen LogP contribution in [0.1, 0.15) is 24.7 Å². The van der Waals surface area contributed by atoms with Crippen LogP contribution in [0.3, 0.4) is 0 Å². The van der Waals surface area contributed by atoms with Gasteiger partial charge in [-0.2, -0.15) is 17.7 Å². The van der Waals surface area contributed by atoms with Crippen LogP contribution in [0.4, 0.5) is 0 Å². The Labute approximate surface area is 107 Å². The second-order valence-corrected chi connectivity index (χ2v) is 5.26. The molecular formula is C12H19N3OS. The second kappa shape index (κ2) is 5.12. The number of hydrogen-bond donors (Lipinski definition) is 2. The van der Waals surface area contributed by atoms with Crippen LogP contribution in [-0.2, 0) is 11.2 Å². The summed E-state index contributed by atoms with van der Waals surface area (Å²) in [6, 6.07) is 2.25. The van der Waals surface area contributed by atoms with Crippen LogP contribution >= 0.6 is 12.6 Å². The number of rotatable bonds is 4. The molecule has 2 unspecified atom stereocenters. The van der Waals surface area contributed by atoms with Crippen molar-refractivity contribution in [3.8, 4) is 0 Å². The predicted octanol–water partition coefficient (Wildman–Crippen LogP) is 1.43. The lowest BCUT2D eigenvalue weighted by molar-refractivity contribution is -0.129. The maximum absolute atomic E-state index is 11.8. The lowest BCUT2D eigenvalue weighted by atomic mass is 10.1. The fourth-order valence-electron chi connectivity index (χ4n) is 2.35. The Bertz CT molecular complexity index is 404. The molecule has 2 rings (SSSR count). The molecule has 2 heterocycles. The topological polar surface area (TPSA) is 49.0 Å². The third-order valence-corrected chi connectivity index (χ3v) is 3.81. The van der Waals surface area contributed by atoms with Crippen molar-refractivity contribution in [3.63, 3.8) is 0 Å². The third-order valence-electron chi connectivity index (χ3n) is 3.29. The van der Waals surface area contributed by atoms with Crippen molar-refractivity contribution in [2.75, 3.05) is 12.3 Å². The summed E-state index contributed by atoms with van der Waals surface area (Å²) < 4.78 is 0. The Morgan fingerprint density at radius 3 is 3.00 bits per heavy atom. The minimum absolute atomic E-state index is 0.218. The first-order valence-electron chi connectivity index (χ1n) is 6.01. The number of aromatic nitrogens is 2. The molecule has 1 N–H and O–H groups in total. The van der Waals surface area contributed by atoms with E-state index in [4.69, 9.17) is 0 Å². The van der Waals surface area contributed by atoms with Crippen LogP contribution in [0.5, 0.6) is 0 Å². The van der Waals surface area contributed by atoms with Crippen LogP contribution in [0, 0.1) is 12.8 Å². The van der Waals surface area contributed by atoms with Crippen molar-refractivity contribution in [2.45, 2.75) is 32.7 Å². The predicted molar refractivity (Wildman–Crippen MR) is 70.2 cm³/mol. The second-order valence-electron chi connectivity index (χ2n) is 4.89. The number of H-pyrrole nitrogens is 1. The van der Waals surface area contributed by atoms with Crippen LogP contribution in [-0.4, -0.2) is 39.3 Å². The SMILES string of the molecule is Cc1cc(CC(C)N2CC(CS)CC2=O)n[nH]1. The number of nitrogens with one attached hydrogen (secondary N) is 1. The van der Waals surface area contributed by atoms with Crippen LogP contribution in [0.2, 0.25) is 0 Å². The van der Waals surface area contributed by atoms with Gasteiger partial charge in [0.25, 0.3) is 0 Å². The minimum atomic E-state index is 0.218. The highest BCUT2D eigenvalue weighted by molar-refractivity contribution is 7.80. The fraction of sp³-hybridized carbons (Fsp3) is 0.667. The Morgan fingerprint density at radius 1 is 1.71 bits per heavy atom. The van der Waals surface area contributed by atoms with Gasteiger partial charge in [0.1, 0.15) is 0 Å². The normalized spacial score (nSPS) is 22.2. The number of thiol groups is 1. The molecule has 17 heavy (non-hydrogen) atoms. The molecule has 1 saturated heterocycles. The van der Waals surface area contributed by atoms with Gasteiger partial charge < -0.3 is 4.90 Å². The molecule has 1 aromatic heterocycles. The van der Waals surface area contributed by atoms with E-state index >= 15 is 0 Å². The van der Waals surface area contributed by atoms with Crippen molar-refractivity contribution in [1.29, 1.82) is 0 Å². The zero-order chi connectivity index (χ0) is 12.4. The van der Waals surface area contributed by atoms with Gasteiger partial charge in [-0.25, -0.2) is 0 Å². The average molecular weight is 253 g/mol. The highest BCUT2D eigenvalue weighted by atomic mass is 32.1. The summed E-state index contributed by atoms with van der Waals surface area (Å²) in [4.78, 5) is 13.8. The minimum Gasteiger partial charge on any atom is -0.339 e. The average Bonchev–Trinajstić information content (AvgIpc) is 2.85. The van der Waals surface area contributed by atoms with Crippen molar-refractivity contribution in [2.24, 2.45) is 5.92 Å². The third kappa shape index (κ3) is 2.83. The van der Waals surface area contributed by atoms with Crippen molar-refractivity contribution >= 4 is 18.5 Å². The maximum atomic E-state index is 11.8. The summed E-state index contributed by atoms with van der Waals surface area (Å²) in [5.41, 5.74) is 2.09. The lowest BCUT2D eigenvalue weighted by Gasteiger charge is -2.24. The van der Waals surface area contributed by atoms with E-state index in [1.165, 1.54) is 0 Å². The quantitative estimate of drug-likeness (QED) is 0.798. The molecule has 5 heteroatoms. The first kappa shape index (κ1) is 12.5. The molecule has 0 radical (unpaired) electrons. The molecule has 0 aliphatic carbocycles. The summed E-state index contributed by atoms with van der Waals surface area (Å²) in [7, 11) is 0. The van der Waals surface area contributed by atoms with Gasteiger partial charge in [-0.15, -0.1) is 0 Å². The maximum Gasteiger partial charge on any atom is 0.223 e. The van der Waals surface area contributed by atoms with Gasteiger partial charge in [-0.05, 0) is 31.6 Å². The van der Waals surface area contributed by atoms with Crippen LogP contribution in [0.15, 0.2) is 6.07 Å². The number of nitrogens with zero attached hydrogens (tertiary/aromatic N) is 2. The zero-order valence-electron chi connectivity index (χ0n) is 10.3. The first-order chi connectivity index (χ1) is 8.10. The van der Waals surface area contributed by atoms with E-state index in [1.807, 2.05) is 17.9 Å². The molecule has 0 saturated carbocycles. The van der Waals surface area contributed by atoms with Gasteiger partial charge in [-0.1, -0.05) is 0 Å². The Kier molecular flexibility index (Phi) is 3.76. The monoisotopic (exact) mass is 253 g/mol. The largest absolute Gasteiger partial charge is 0.339 e. The summed E-state index contributed by atoms with van der Waals surface area (Å²) in [5.74, 6) is 1.45. The molecule has 4 nitrogen and oxygen atoms in total. The number of aromatic amines is 1. The molecule has 0 aromatic carbocycles. The molecule has 94 valence electrons. The molecule has 1 aliphatic heterocycles. The smallest absolute Gasteiger partial charge is 0.223 e. The molecule has 1 amide bonds. The van der Waals surface area contributed by atoms with E-state index in [2.05, 4.69) is 29.7 Å². The number of likely N-dealkylation sites (tertiary alicyclic amines) is 1. The molecule has 2 atom stereocenters. The summed E-state index contributed by atoms with van der Waals surface area (Å²) >= 11 is 4.27.